The fourth-order valence-corrected chi connectivity index (χ4v) is 6.35. The van der Waals surface area contributed by atoms with Gasteiger partial charge in [-0.15, -0.1) is 0 Å². The van der Waals surface area contributed by atoms with Crippen LogP contribution >= 0.6 is 0 Å². The normalized spacial score (nSPS) is 19.0. The number of carbonyl (C=O) groups is 3. The van der Waals surface area contributed by atoms with E-state index in [1.54, 1.807) is 29.2 Å². The van der Waals surface area contributed by atoms with E-state index in [2.05, 4.69) is 16.3 Å². The molecule has 2 saturated heterocycles. The van der Waals surface area contributed by atoms with Crippen molar-refractivity contribution in [3.05, 3.63) is 58.7 Å². The molecule has 0 aromatic heterocycles. The molecule has 1 unspecified atom stereocenters. The monoisotopic (exact) mass is 609 g/mol. The minimum atomic E-state index is -1.38. The largest absolute Gasteiger partial charge is 0.494 e. The number of rotatable bonds is 12. The molecule has 2 aromatic rings. The predicted molar refractivity (Wildman–Crippen MR) is 162 cm³/mol. The second-order valence-electron chi connectivity index (χ2n) is 12.3. The van der Waals surface area contributed by atoms with E-state index in [9.17, 15) is 29.7 Å². The maximum Gasteiger partial charge on any atom is 0.338 e. The number of piperidine rings is 1. The highest BCUT2D eigenvalue weighted by molar-refractivity contribution is 5.98. The zero-order valence-electron chi connectivity index (χ0n) is 25.5. The molecule has 4 N–H and O–H groups in total. The first-order valence-electron chi connectivity index (χ1n) is 15.4. The molecule has 0 radical (unpaired) electrons. The second kappa shape index (κ2) is 13.6. The van der Waals surface area contributed by atoms with Crippen LogP contribution in [0.15, 0.2) is 36.4 Å². The van der Waals surface area contributed by atoms with Gasteiger partial charge in [0.25, 0.3) is 5.91 Å². The van der Waals surface area contributed by atoms with Crippen molar-refractivity contribution >= 4 is 23.5 Å². The van der Waals surface area contributed by atoms with Crippen molar-refractivity contribution in [1.82, 2.24) is 10.2 Å². The molecule has 5 rings (SSSR count). The Morgan fingerprint density at radius 3 is 2.36 bits per heavy atom. The number of amides is 2. The van der Waals surface area contributed by atoms with Gasteiger partial charge in [-0.25, -0.2) is 4.79 Å². The van der Waals surface area contributed by atoms with Crippen molar-refractivity contribution in [2.75, 3.05) is 51.5 Å². The molecule has 2 heterocycles. The lowest BCUT2D eigenvalue weighted by Gasteiger charge is -2.39. The number of esters is 1. The van der Waals surface area contributed by atoms with Crippen LogP contribution in [0.5, 0.6) is 5.75 Å². The van der Waals surface area contributed by atoms with Gasteiger partial charge in [-0.05, 0) is 99.0 Å². The summed E-state index contributed by atoms with van der Waals surface area (Å²) in [5, 5.41) is 30.8. The summed E-state index contributed by atoms with van der Waals surface area (Å²) in [5.41, 5.74) is 3.60. The third-order valence-electron chi connectivity index (χ3n) is 9.22. The summed E-state index contributed by atoms with van der Waals surface area (Å²) in [7, 11) is 1.40. The number of hydrogen-bond donors (Lipinski definition) is 4. The van der Waals surface area contributed by atoms with Gasteiger partial charge >= 0.3 is 5.97 Å². The highest BCUT2D eigenvalue weighted by Crippen LogP contribution is 2.45. The number of methoxy groups -OCH3 is 1. The van der Waals surface area contributed by atoms with E-state index < -0.39 is 31.3 Å². The molecule has 1 aliphatic carbocycles. The minimum absolute atomic E-state index is 0.0610. The fraction of sp³-hybridized carbons (Fsp3) is 0.545. The summed E-state index contributed by atoms with van der Waals surface area (Å²) in [5.74, 6) is -0.579. The lowest BCUT2D eigenvalue weighted by atomic mass is 9.77. The van der Waals surface area contributed by atoms with Gasteiger partial charge in [-0.3, -0.25) is 14.5 Å². The number of likely N-dealkylation sites (tertiary alicyclic amines) is 1. The third-order valence-corrected chi connectivity index (χ3v) is 9.22. The van der Waals surface area contributed by atoms with Crippen LogP contribution in [0.4, 0.5) is 5.69 Å². The van der Waals surface area contributed by atoms with E-state index in [0.29, 0.717) is 48.9 Å². The molecular weight excluding hydrogens is 566 g/mol. The molecule has 238 valence electrons. The maximum absolute atomic E-state index is 13.2. The molecular formula is C33H43N3O8. The molecule has 11 nitrogen and oxygen atoms in total. The van der Waals surface area contributed by atoms with Crippen LogP contribution in [0.2, 0.25) is 0 Å². The molecule has 3 fully saturated rings. The Labute approximate surface area is 257 Å². The molecule has 1 saturated carbocycles. The summed E-state index contributed by atoms with van der Waals surface area (Å²) in [6.07, 6.45) is 3.00. The number of hydrogen-bond acceptors (Lipinski definition) is 9. The Balaban J connectivity index is 1.21. The van der Waals surface area contributed by atoms with Gasteiger partial charge in [0.1, 0.15) is 12.0 Å². The topological polar surface area (TPSA) is 149 Å². The van der Waals surface area contributed by atoms with Crippen LogP contribution < -0.4 is 15.0 Å². The molecule has 1 spiro atoms. The van der Waals surface area contributed by atoms with Crippen molar-refractivity contribution in [3.8, 4) is 5.75 Å². The minimum Gasteiger partial charge on any atom is -0.494 e. The van der Waals surface area contributed by atoms with E-state index in [1.165, 1.54) is 7.11 Å². The summed E-state index contributed by atoms with van der Waals surface area (Å²) in [4.78, 5) is 42.4. The number of anilines is 1. The van der Waals surface area contributed by atoms with Crippen molar-refractivity contribution in [3.63, 3.8) is 0 Å². The van der Waals surface area contributed by atoms with Crippen molar-refractivity contribution in [2.24, 2.45) is 11.3 Å². The number of nitrogens with zero attached hydrogens (tertiary/aromatic N) is 2. The number of ether oxygens (including phenoxy) is 2. The van der Waals surface area contributed by atoms with Crippen LogP contribution in [0.1, 0.15) is 76.8 Å². The highest BCUT2D eigenvalue weighted by Gasteiger charge is 2.45. The van der Waals surface area contributed by atoms with E-state index in [1.807, 2.05) is 13.0 Å². The summed E-state index contributed by atoms with van der Waals surface area (Å²) >= 11 is 0. The molecule has 44 heavy (non-hydrogen) atoms. The zero-order valence-corrected chi connectivity index (χ0v) is 25.5. The Morgan fingerprint density at radius 1 is 1.09 bits per heavy atom. The molecule has 0 bridgehead atoms. The van der Waals surface area contributed by atoms with Gasteiger partial charge in [-0.1, -0.05) is 0 Å². The van der Waals surface area contributed by atoms with Gasteiger partial charge in [0.2, 0.25) is 5.91 Å². The van der Waals surface area contributed by atoms with Gasteiger partial charge < -0.3 is 35.0 Å². The number of nitrogens with one attached hydrogen (secondary N) is 1. The van der Waals surface area contributed by atoms with E-state index in [0.717, 1.165) is 55.6 Å². The number of aliphatic hydroxyl groups is 3. The number of aliphatic hydroxyl groups excluding tert-OH is 3. The van der Waals surface area contributed by atoms with E-state index in [-0.39, 0.29) is 17.3 Å². The Hall–Kier alpha value is -3.51. The Bertz CT molecular complexity index is 1350. The second-order valence-corrected chi connectivity index (χ2v) is 12.3. The van der Waals surface area contributed by atoms with Crippen LogP contribution in [0.3, 0.4) is 0 Å². The van der Waals surface area contributed by atoms with Gasteiger partial charge in [0, 0.05) is 42.2 Å². The summed E-state index contributed by atoms with van der Waals surface area (Å²) in [6, 6.07) is 10.6. The van der Waals surface area contributed by atoms with Gasteiger partial charge in [0.05, 0.1) is 32.5 Å². The van der Waals surface area contributed by atoms with Crippen molar-refractivity contribution < 1.29 is 39.2 Å². The Kier molecular flexibility index (Phi) is 9.89. The van der Waals surface area contributed by atoms with E-state index in [4.69, 9.17) is 9.47 Å². The summed E-state index contributed by atoms with van der Waals surface area (Å²) in [6.45, 7) is 4.51. The lowest BCUT2D eigenvalue weighted by molar-refractivity contribution is -0.118. The number of benzene rings is 2. The van der Waals surface area contributed by atoms with Crippen molar-refractivity contribution in [2.45, 2.75) is 57.7 Å². The van der Waals surface area contributed by atoms with E-state index >= 15 is 0 Å². The standard InChI is InChI=1S/C33H43N3O8/c1-3-44-28-15-27(32(42)43-2)26(21-4-5-21)14-23(28)17-35-12-10-33(11-13-35)16-29(39)36(20-33)25-8-6-22(7-9-25)30(40)34-31(41)24(18-37)19-38/h6-9,14-15,21,24,31,37-38,41H,3-5,10-13,16-20H2,1-2H3,(H,34,40). The molecule has 2 aliphatic heterocycles. The molecule has 2 aromatic carbocycles. The average molecular weight is 610 g/mol. The predicted octanol–water partition coefficient (Wildman–Crippen LogP) is 2.42. The average Bonchev–Trinajstić information content (AvgIpc) is 3.82. The van der Waals surface area contributed by atoms with Crippen LogP contribution in [-0.4, -0.2) is 90.8 Å². The van der Waals surface area contributed by atoms with Gasteiger partial charge in [0.15, 0.2) is 0 Å². The first-order valence-corrected chi connectivity index (χ1v) is 15.4. The first-order chi connectivity index (χ1) is 21.2. The summed E-state index contributed by atoms with van der Waals surface area (Å²) < 4.78 is 11.0. The van der Waals surface area contributed by atoms with Gasteiger partial charge in [-0.2, -0.15) is 0 Å². The molecule has 2 amide bonds. The molecule has 3 aliphatic rings. The molecule has 1 atom stereocenters. The Morgan fingerprint density at radius 2 is 1.77 bits per heavy atom. The van der Waals surface area contributed by atoms with Crippen LogP contribution in [-0.2, 0) is 16.1 Å². The lowest BCUT2D eigenvalue weighted by Crippen LogP contribution is -2.43. The van der Waals surface area contributed by atoms with Crippen LogP contribution in [0, 0.1) is 11.3 Å². The number of carbonyl (C=O) groups excluding carboxylic acids is 3. The maximum atomic E-state index is 13.2. The molecule has 11 heteroatoms. The SMILES string of the molecule is CCOc1cc(C(=O)OC)c(C2CC2)cc1CN1CCC2(CC1)CC(=O)N(c1ccc(C(=O)NC(O)C(CO)CO)cc1)C2. The highest BCUT2D eigenvalue weighted by atomic mass is 16.5. The fourth-order valence-electron chi connectivity index (χ4n) is 6.35. The smallest absolute Gasteiger partial charge is 0.338 e. The van der Waals surface area contributed by atoms with Crippen LogP contribution in [0.25, 0.3) is 0 Å². The third kappa shape index (κ3) is 6.91. The zero-order chi connectivity index (χ0) is 31.4. The quantitative estimate of drug-likeness (QED) is 0.210. The first kappa shape index (κ1) is 31.9. The van der Waals surface area contributed by atoms with Crippen molar-refractivity contribution in [1.29, 1.82) is 0 Å².